The Bertz CT molecular complexity index is 541. The average Bonchev–Trinajstić information content (AvgIpc) is 2.40. The molecule has 0 heterocycles. The highest BCUT2D eigenvalue weighted by atomic mass is 35.5. The molecule has 0 bridgehead atoms. The predicted octanol–water partition coefficient (Wildman–Crippen LogP) is 4.40. The first kappa shape index (κ1) is 12.8. The molecule has 0 aliphatic heterocycles. The molecule has 18 heavy (non-hydrogen) atoms. The molecule has 0 atom stereocenters. The minimum absolute atomic E-state index is 0.338. The normalized spacial score (nSPS) is 11.3. The molecule has 0 N–H and O–H groups in total. The Morgan fingerprint density at radius 3 is 1.89 bits per heavy atom. The Kier molecular flexibility index (Phi) is 3.53. The second kappa shape index (κ2) is 4.95. The van der Waals surface area contributed by atoms with Crippen molar-refractivity contribution in [1.82, 2.24) is 0 Å². The Labute approximate surface area is 112 Å². The number of carbonyl (C=O) groups is 1. The minimum Gasteiger partial charge on any atom is -0.280 e. The summed E-state index contributed by atoms with van der Waals surface area (Å²) in [5, 5.41) is -0.338. The number of hydrogen-bond donors (Lipinski definition) is 0. The van der Waals surface area contributed by atoms with Crippen LogP contribution in [-0.2, 0) is 10.2 Å². The molecule has 0 amide bonds. The van der Waals surface area contributed by atoms with Crippen molar-refractivity contribution < 1.29 is 4.79 Å². The molecule has 0 spiro atoms. The molecule has 0 radical (unpaired) electrons. The second-order valence-corrected chi connectivity index (χ2v) is 5.19. The minimum atomic E-state index is -0.642. The third-order valence-electron chi connectivity index (χ3n) is 3.21. The van der Waals surface area contributed by atoms with Gasteiger partial charge < -0.3 is 0 Å². The van der Waals surface area contributed by atoms with Crippen LogP contribution in [-0.4, -0.2) is 5.24 Å². The van der Waals surface area contributed by atoms with Gasteiger partial charge in [0.25, 0.3) is 0 Å². The maximum absolute atomic E-state index is 11.4. The van der Waals surface area contributed by atoms with E-state index in [1.807, 2.05) is 56.3 Å². The van der Waals surface area contributed by atoms with Crippen LogP contribution in [0.1, 0.15) is 19.4 Å². The van der Waals surface area contributed by atoms with E-state index in [0.717, 1.165) is 11.1 Å². The van der Waals surface area contributed by atoms with E-state index in [4.69, 9.17) is 11.6 Å². The fraction of sp³-hybridized carbons (Fsp3) is 0.188. The second-order valence-electron chi connectivity index (χ2n) is 4.84. The van der Waals surface area contributed by atoms with Gasteiger partial charge in [0.1, 0.15) is 0 Å². The molecule has 1 nitrogen and oxygen atoms in total. The van der Waals surface area contributed by atoms with Crippen molar-refractivity contribution in [1.29, 1.82) is 0 Å². The van der Waals surface area contributed by atoms with E-state index in [-0.39, 0.29) is 5.24 Å². The third-order valence-corrected chi connectivity index (χ3v) is 3.68. The highest BCUT2D eigenvalue weighted by Crippen LogP contribution is 2.28. The van der Waals surface area contributed by atoms with Crippen molar-refractivity contribution in [2.45, 2.75) is 19.3 Å². The Morgan fingerprint density at radius 2 is 1.39 bits per heavy atom. The smallest absolute Gasteiger partial charge is 0.231 e. The highest BCUT2D eigenvalue weighted by molar-refractivity contribution is 6.65. The molecule has 0 aliphatic rings. The van der Waals surface area contributed by atoms with Gasteiger partial charge in [-0.25, -0.2) is 0 Å². The van der Waals surface area contributed by atoms with Crippen molar-refractivity contribution >= 4 is 16.8 Å². The molecule has 2 heteroatoms. The zero-order chi connectivity index (χ0) is 13.2. The molecule has 0 fully saturated rings. The van der Waals surface area contributed by atoms with Crippen LogP contribution in [0.3, 0.4) is 0 Å². The summed E-state index contributed by atoms with van der Waals surface area (Å²) >= 11 is 5.62. The first-order valence-corrected chi connectivity index (χ1v) is 6.25. The van der Waals surface area contributed by atoms with E-state index in [1.165, 1.54) is 5.56 Å². The van der Waals surface area contributed by atoms with Crippen LogP contribution in [0.2, 0.25) is 0 Å². The fourth-order valence-electron chi connectivity index (χ4n) is 1.82. The van der Waals surface area contributed by atoms with E-state index in [0.29, 0.717) is 0 Å². The zero-order valence-corrected chi connectivity index (χ0v) is 11.2. The average molecular weight is 259 g/mol. The summed E-state index contributed by atoms with van der Waals surface area (Å²) < 4.78 is 0. The molecular formula is C16H15ClO. The van der Waals surface area contributed by atoms with Crippen molar-refractivity contribution in [3.8, 4) is 11.1 Å². The van der Waals surface area contributed by atoms with Crippen molar-refractivity contribution in [2.24, 2.45) is 0 Å². The van der Waals surface area contributed by atoms with Gasteiger partial charge in [-0.3, -0.25) is 4.79 Å². The summed E-state index contributed by atoms with van der Waals surface area (Å²) in [4.78, 5) is 11.4. The van der Waals surface area contributed by atoms with E-state index in [1.54, 1.807) is 0 Å². The molecule has 2 aromatic rings. The Balaban J connectivity index is 2.35. The molecule has 2 rings (SSSR count). The van der Waals surface area contributed by atoms with Crippen LogP contribution >= 0.6 is 11.6 Å². The lowest BCUT2D eigenvalue weighted by Gasteiger charge is -2.20. The maximum Gasteiger partial charge on any atom is 0.231 e. The van der Waals surface area contributed by atoms with Gasteiger partial charge >= 0.3 is 0 Å². The van der Waals surface area contributed by atoms with Crippen molar-refractivity contribution in [2.75, 3.05) is 0 Å². The summed E-state index contributed by atoms with van der Waals surface area (Å²) in [7, 11) is 0. The summed E-state index contributed by atoms with van der Waals surface area (Å²) in [6, 6.07) is 18.1. The largest absolute Gasteiger partial charge is 0.280 e. The number of halogens is 1. The Hall–Kier alpha value is -1.60. The van der Waals surface area contributed by atoms with Gasteiger partial charge in [0.15, 0.2) is 0 Å². The molecular weight excluding hydrogens is 244 g/mol. The molecule has 0 saturated heterocycles. The molecule has 0 aliphatic carbocycles. The van der Waals surface area contributed by atoms with Crippen LogP contribution in [0.15, 0.2) is 54.6 Å². The van der Waals surface area contributed by atoms with Gasteiger partial charge in [0, 0.05) is 0 Å². The first-order chi connectivity index (χ1) is 8.51. The highest BCUT2D eigenvalue weighted by Gasteiger charge is 2.27. The number of rotatable bonds is 3. The molecule has 0 unspecified atom stereocenters. The first-order valence-electron chi connectivity index (χ1n) is 5.88. The van der Waals surface area contributed by atoms with Gasteiger partial charge in [0.2, 0.25) is 5.24 Å². The number of benzene rings is 2. The van der Waals surface area contributed by atoms with E-state index < -0.39 is 5.41 Å². The monoisotopic (exact) mass is 258 g/mol. The maximum atomic E-state index is 11.4. The standard InChI is InChI=1S/C16H15ClO/c1-16(2,15(17)18)14-10-8-13(9-11-14)12-6-4-3-5-7-12/h3-11H,1-2H3. The molecule has 2 aromatic carbocycles. The molecule has 0 saturated carbocycles. The molecule has 0 aromatic heterocycles. The SMILES string of the molecule is CC(C)(C(=O)Cl)c1ccc(-c2ccccc2)cc1. The van der Waals surface area contributed by atoms with Crippen molar-refractivity contribution in [3.63, 3.8) is 0 Å². The summed E-state index contributed by atoms with van der Waals surface area (Å²) in [6.07, 6.45) is 0. The van der Waals surface area contributed by atoms with Crippen LogP contribution in [0.25, 0.3) is 11.1 Å². The van der Waals surface area contributed by atoms with E-state index in [9.17, 15) is 4.79 Å². The van der Waals surface area contributed by atoms with Crippen molar-refractivity contribution in [3.05, 3.63) is 60.2 Å². The zero-order valence-electron chi connectivity index (χ0n) is 10.5. The summed E-state index contributed by atoms with van der Waals surface area (Å²) in [5.74, 6) is 0. The number of hydrogen-bond acceptors (Lipinski definition) is 1. The van der Waals surface area contributed by atoms with Gasteiger partial charge in [-0.2, -0.15) is 0 Å². The van der Waals surface area contributed by atoms with Crippen LogP contribution in [0, 0.1) is 0 Å². The van der Waals surface area contributed by atoms with Crippen LogP contribution < -0.4 is 0 Å². The fourth-order valence-corrected chi connectivity index (χ4v) is 1.93. The van der Waals surface area contributed by atoms with Gasteiger partial charge in [0.05, 0.1) is 5.41 Å². The lowest BCUT2D eigenvalue weighted by Crippen LogP contribution is -2.24. The lowest BCUT2D eigenvalue weighted by atomic mass is 9.85. The van der Waals surface area contributed by atoms with E-state index in [2.05, 4.69) is 12.1 Å². The summed E-state index contributed by atoms with van der Waals surface area (Å²) in [6.45, 7) is 3.67. The summed E-state index contributed by atoms with van der Waals surface area (Å²) in [5.41, 5.74) is 2.59. The van der Waals surface area contributed by atoms with Gasteiger partial charge in [-0.15, -0.1) is 0 Å². The van der Waals surface area contributed by atoms with Gasteiger partial charge in [-0.05, 0) is 42.1 Å². The third kappa shape index (κ3) is 2.46. The van der Waals surface area contributed by atoms with Crippen LogP contribution in [0.4, 0.5) is 0 Å². The quantitative estimate of drug-likeness (QED) is 0.746. The predicted molar refractivity (Wildman–Crippen MR) is 75.8 cm³/mol. The lowest BCUT2D eigenvalue weighted by molar-refractivity contribution is -0.115. The Morgan fingerprint density at radius 1 is 0.889 bits per heavy atom. The topological polar surface area (TPSA) is 17.1 Å². The van der Waals surface area contributed by atoms with Crippen LogP contribution in [0.5, 0.6) is 0 Å². The molecule has 92 valence electrons. The van der Waals surface area contributed by atoms with E-state index >= 15 is 0 Å². The van der Waals surface area contributed by atoms with Gasteiger partial charge in [-0.1, -0.05) is 54.6 Å². The number of carbonyl (C=O) groups excluding carboxylic acids is 1.